The van der Waals surface area contributed by atoms with E-state index in [1.165, 1.54) is 11.8 Å². The molecule has 1 heterocycles. The third-order valence-corrected chi connectivity index (χ3v) is 6.08. The van der Waals surface area contributed by atoms with Crippen LogP contribution in [0, 0.1) is 0 Å². The number of hydrogen-bond acceptors (Lipinski definition) is 5. The zero-order chi connectivity index (χ0) is 22.1. The van der Waals surface area contributed by atoms with Crippen LogP contribution in [0.2, 0.25) is 0 Å². The Morgan fingerprint density at radius 3 is 2.55 bits per heavy atom. The van der Waals surface area contributed by atoms with Crippen molar-refractivity contribution in [3.8, 4) is 5.75 Å². The standard InChI is InChI=1S/C24H26N2O3S2/c1-2-29-20-14-12-19(13-15-20)25-22(27)11-7-4-8-16-26-23(28)21(31-24(26)30)17-18-9-5-3-6-10-18/h3,5-6,9-10,12-15,17H,2,4,7-8,11,16H2,1H3,(H,25,27)/b21-17-. The van der Waals surface area contributed by atoms with Gasteiger partial charge in [-0.15, -0.1) is 0 Å². The maximum absolute atomic E-state index is 12.6. The molecule has 2 aromatic carbocycles. The fourth-order valence-corrected chi connectivity index (χ4v) is 4.46. The molecule has 5 nitrogen and oxygen atoms in total. The minimum Gasteiger partial charge on any atom is -0.494 e. The topological polar surface area (TPSA) is 58.6 Å². The van der Waals surface area contributed by atoms with Gasteiger partial charge in [0.15, 0.2) is 0 Å². The molecule has 1 fully saturated rings. The maximum Gasteiger partial charge on any atom is 0.266 e. The number of carbonyl (C=O) groups excluding carboxylic acids is 2. The predicted molar refractivity (Wildman–Crippen MR) is 131 cm³/mol. The summed E-state index contributed by atoms with van der Waals surface area (Å²) in [5.74, 6) is 0.738. The first-order chi connectivity index (χ1) is 15.1. The molecular formula is C24H26N2O3S2. The first-order valence-electron chi connectivity index (χ1n) is 10.4. The van der Waals surface area contributed by atoms with Gasteiger partial charge in [-0.25, -0.2) is 0 Å². The molecule has 1 aliphatic heterocycles. The van der Waals surface area contributed by atoms with Gasteiger partial charge in [0.2, 0.25) is 5.91 Å². The Kier molecular flexibility index (Phi) is 8.67. The molecule has 7 heteroatoms. The summed E-state index contributed by atoms with van der Waals surface area (Å²) in [4.78, 5) is 27.1. The van der Waals surface area contributed by atoms with Crippen LogP contribution in [0.25, 0.3) is 6.08 Å². The van der Waals surface area contributed by atoms with E-state index in [1.54, 1.807) is 4.90 Å². The van der Waals surface area contributed by atoms with Gasteiger partial charge in [-0.1, -0.05) is 60.7 Å². The Balaban J connectivity index is 1.37. The summed E-state index contributed by atoms with van der Waals surface area (Å²) >= 11 is 6.73. The second-order valence-electron chi connectivity index (χ2n) is 7.06. The lowest BCUT2D eigenvalue weighted by Gasteiger charge is -2.14. The van der Waals surface area contributed by atoms with Crippen LogP contribution in [0.4, 0.5) is 5.69 Å². The predicted octanol–water partition coefficient (Wildman–Crippen LogP) is 5.49. The van der Waals surface area contributed by atoms with E-state index in [0.29, 0.717) is 28.8 Å². The molecule has 0 radical (unpaired) electrons. The third-order valence-electron chi connectivity index (χ3n) is 4.71. The Morgan fingerprint density at radius 2 is 1.84 bits per heavy atom. The maximum atomic E-state index is 12.6. The van der Waals surface area contributed by atoms with E-state index in [9.17, 15) is 9.59 Å². The van der Waals surface area contributed by atoms with E-state index < -0.39 is 0 Å². The Labute approximate surface area is 192 Å². The number of rotatable bonds is 10. The van der Waals surface area contributed by atoms with Gasteiger partial charge in [0.25, 0.3) is 5.91 Å². The lowest BCUT2D eigenvalue weighted by atomic mass is 10.1. The highest BCUT2D eigenvalue weighted by Crippen LogP contribution is 2.32. The van der Waals surface area contributed by atoms with Crippen LogP contribution in [0.5, 0.6) is 5.75 Å². The number of thiocarbonyl (C=S) groups is 1. The van der Waals surface area contributed by atoms with Crippen LogP contribution in [-0.2, 0) is 9.59 Å². The van der Waals surface area contributed by atoms with Gasteiger partial charge in [0, 0.05) is 18.7 Å². The molecule has 0 saturated carbocycles. The highest BCUT2D eigenvalue weighted by molar-refractivity contribution is 8.26. The summed E-state index contributed by atoms with van der Waals surface area (Å²) in [6, 6.07) is 17.1. The first-order valence-corrected chi connectivity index (χ1v) is 11.6. The average molecular weight is 455 g/mol. The fourth-order valence-electron chi connectivity index (χ4n) is 3.15. The van der Waals surface area contributed by atoms with Crippen molar-refractivity contribution in [2.45, 2.75) is 32.6 Å². The molecule has 2 amide bonds. The van der Waals surface area contributed by atoms with Gasteiger partial charge in [-0.3, -0.25) is 14.5 Å². The lowest BCUT2D eigenvalue weighted by Crippen LogP contribution is -2.29. The summed E-state index contributed by atoms with van der Waals surface area (Å²) in [6.07, 6.45) is 4.74. The molecule has 0 aromatic heterocycles. The van der Waals surface area contributed by atoms with Crippen molar-refractivity contribution in [3.63, 3.8) is 0 Å². The van der Waals surface area contributed by atoms with E-state index in [4.69, 9.17) is 17.0 Å². The van der Waals surface area contributed by atoms with Crippen molar-refractivity contribution in [2.24, 2.45) is 0 Å². The summed E-state index contributed by atoms with van der Waals surface area (Å²) in [5, 5.41) is 2.90. The quantitative estimate of drug-likeness (QED) is 0.292. The van der Waals surface area contributed by atoms with Gasteiger partial charge < -0.3 is 10.1 Å². The number of amides is 2. The highest BCUT2D eigenvalue weighted by Gasteiger charge is 2.31. The zero-order valence-electron chi connectivity index (χ0n) is 17.5. The van der Waals surface area contributed by atoms with Crippen LogP contribution in [0.3, 0.4) is 0 Å². The normalized spacial score (nSPS) is 14.9. The van der Waals surface area contributed by atoms with Gasteiger partial charge in [0.05, 0.1) is 11.5 Å². The number of thioether (sulfide) groups is 1. The van der Waals surface area contributed by atoms with Crippen molar-refractivity contribution >= 4 is 51.9 Å². The molecule has 1 aliphatic rings. The molecular weight excluding hydrogens is 428 g/mol. The first kappa shape index (κ1) is 23.0. The molecule has 1 N–H and O–H groups in total. The van der Waals surface area contributed by atoms with Crippen molar-refractivity contribution in [1.82, 2.24) is 4.90 Å². The molecule has 3 rings (SSSR count). The van der Waals surface area contributed by atoms with Crippen LogP contribution >= 0.6 is 24.0 Å². The molecule has 162 valence electrons. The van der Waals surface area contributed by atoms with Gasteiger partial charge in [-0.05, 0) is 55.7 Å². The zero-order valence-corrected chi connectivity index (χ0v) is 19.1. The second kappa shape index (κ2) is 11.7. The molecule has 0 atom stereocenters. The van der Waals surface area contributed by atoms with Crippen molar-refractivity contribution in [1.29, 1.82) is 0 Å². The Bertz CT molecular complexity index is 943. The number of anilines is 1. The molecule has 2 aromatic rings. The molecule has 0 spiro atoms. The number of carbonyl (C=O) groups is 2. The fraction of sp³-hybridized carbons (Fsp3) is 0.292. The number of benzene rings is 2. The summed E-state index contributed by atoms with van der Waals surface area (Å²) < 4.78 is 5.99. The Hall–Kier alpha value is -2.64. The van der Waals surface area contributed by atoms with E-state index in [2.05, 4.69) is 5.32 Å². The van der Waals surface area contributed by atoms with Gasteiger partial charge >= 0.3 is 0 Å². The molecule has 1 saturated heterocycles. The van der Waals surface area contributed by atoms with E-state index in [0.717, 1.165) is 36.3 Å². The number of unbranched alkanes of at least 4 members (excludes halogenated alkanes) is 2. The molecule has 0 unspecified atom stereocenters. The van der Waals surface area contributed by atoms with Crippen molar-refractivity contribution < 1.29 is 14.3 Å². The minimum absolute atomic E-state index is 0.0134. The van der Waals surface area contributed by atoms with Crippen molar-refractivity contribution in [3.05, 3.63) is 65.1 Å². The van der Waals surface area contributed by atoms with E-state index in [1.807, 2.05) is 67.6 Å². The summed E-state index contributed by atoms with van der Waals surface area (Å²) in [7, 11) is 0. The lowest BCUT2D eigenvalue weighted by molar-refractivity contribution is -0.122. The largest absolute Gasteiger partial charge is 0.494 e. The van der Waals surface area contributed by atoms with E-state index in [-0.39, 0.29) is 11.8 Å². The van der Waals surface area contributed by atoms with E-state index >= 15 is 0 Å². The van der Waals surface area contributed by atoms with Crippen LogP contribution < -0.4 is 10.1 Å². The second-order valence-corrected chi connectivity index (χ2v) is 8.74. The number of nitrogens with zero attached hydrogens (tertiary/aromatic N) is 1. The average Bonchev–Trinajstić information content (AvgIpc) is 3.03. The summed E-state index contributed by atoms with van der Waals surface area (Å²) in [6.45, 7) is 3.13. The number of nitrogens with one attached hydrogen (secondary N) is 1. The summed E-state index contributed by atoms with van der Waals surface area (Å²) in [5.41, 5.74) is 1.75. The van der Waals surface area contributed by atoms with Crippen molar-refractivity contribution in [2.75, 3.05) is 18.5 Å². The smallest absolute Gasteiger partial charge is 0.266 e. The minimum atomic E-state index is -0.0351. The van der Waals surface area contributed by atoms with Crippen LogP contribution in [-0.4, -0.2) is 34.2 Å². The van der Waals surface area contributed by atoms with Gasteiger partial charge in [0.1, 0.15) is 10.1 Å². The molecule has 0 bridgehead atoms. The Morgan fingerprint density at radius 1 is 1.10 bits per heavy atom. The SMILES string of the molecule is CCOc1ccc(NC(=O)CCCCCN2C(=O)/C(=C/c3ccccc3)SC2=S)cc1. The monoisotopic (exact) mass is 454 g/mol. The van der Waals surface area contributed by atoms with Crippen LogP contribution in [0.15, 0.2) is 59.5 Å². The number of ether oxygens (including phenoxy) is 1. The molecule has 31 heavy (non-hydrogen) atoms. The number of hydrogen-bond donors (Lipinski definition) is 1. The molecule has 0 aliphatic carbocycles. The van der Waals surface area contributed by atoms with Gasteiger partial charge in [-0.2, -0.15) is 0 Å². The highest BCUT2D eigenvalue weighted by atomic mass is 32.2. The van der Waals surface area contributed by atoms with Crippen LogP contribution in [0.1, 0.15) is 38.2 Å². The third kappa shape index (κ3) is 6.94.